The van der Waals surface area contributed by atoms with Crippen LogP contribution in [0.25, 0.3) is 0 Å². The van der Waals surface area contributed by atoms with E-state index in [9.17, 15) is 0 Å². The molecular formula is C20H27Cl2N3O. The van der Waals surface area contributed by atoms with Gasteiger partial charge in [-0.3, -0.25) is 4.90 Å². The zero-order valence-corrected chi connectivity index (χ0v) is 16.7. The summed E-state index contributed by atoms with van der Waals surface area (Å²) in [6, 6.07) is 5.65. The van der Waals surface area contributed by atoms with Gasteiger partial charge in [0.2, 0.25) is 0 Å². The van der Waals surface area contributed by atoms with Gasteiger partial charge in [-0.1, -0.05) is 47.3 Å². The maximum atomic E-state index is 6.50. The summed E-state index contributed by atoms with van der Waals surface area (Å²) in [5.74, 6) is 0.184. The molecule has 1 aromatic rings. The van der Waals surface area contributed by atoms with Crippen LogP contribution in [0.2, 0.25) is 10.0 Å². The minimum Gasteiger partial charge on any atom is -0.375 e. The normalized spacial score (nSPS) is 28.0. The Labute approximate surface area is 166 Å². The topological polar surface area (TPSA) is 28.1 Å². The van der Waals surface area contributed by atoms with Gasteiger partial charge < -0.3 is 9.74 Å². The Balaban J connectivity index is 1.61. The molecule has 2 saturated heterocycles. The van der Waals surface area contributed by atoms with Gasteiger partial charge in [-0.25, -0.2) is 0 Å². The summed E-state index contributed by atoms with van der Waals surface area (Å²) in [4.78, 5) is 11.0. The van der Waals surface area contributed by atoms with E-state index in [1.54, 1.807) is 0 Å². The molecule has 0 aliphatic carbocycles. The molecule has 3 heterocycles. The minimum absolute atomic E-state index is 0.000402. The van der Waals surface area contributed by atoms with E-state index in [0.29, 0.717) is 10.0 Å². The highest BCUT2D eigenvalue weighted by molar-refractivity contribution is 6.40. The molecule has 26 heavy (non-hydrogen) atoms. The number of nitrogens with zero attached hydrogens (tertiary/aromatic N) is 3. The quantitative estimate of drug-likeness (QED) is 0.742. The van der Waals surface area contributed by atoms with Crippen molar-refractivity contribution in [3.05, 3.63) is 33.8 Å². The summed E-state index contributed by atoms with van der Waals surface area (Å²) in [5, 5.41) is 5.82. The van der Waals surface area contributed by atoms with Crippen molar-refractivity contribution >= 4 is 28.9 Å². The molecule has 0 radical (unpaired) electrons. The highest BCUT2D eigenvalue weighted by atomic mass is 35.5. The van der Waals surface area contributed by atoms with Crippen LogP contribution >= 0.6 is 23.2 Å². The van der Waals surface area contributed by atoms with Crippen molar-refractivity contribution in [2.45, 2.75) is 44.8 Å². The Kier molecular flexibility index (Phi) is 6.04. The van der Waals surface area contributed by atoms with Gasteiger partial charge in [0, 0.05) is 25.2 Å². The predicted octanol–water partition coefficient (Wildman–Crippen LogP) is 4.64. The average Bonchev–Trinajstić information content (AvgIpc) is 3.06. The largest absolute Gasteiger partial charge is 0.375 e. The first-order valence-corrected chi connectivity index (χ1v) is 10.6. The smallest absolute Gasteiger partial charge is 0.191 e. The number of halogens is 2. The lowest BCUT2D eigenvalue weighted by Crippen LogP contribution is -2.48. The van der Waals surface area contributed by atoms with Crippen LogP contribution in [0.15, 0.2) is 23.4 Å². The number of benzene rings is 1. The van der Waals surface area contributed by atoms with Crippen molar-refractivity contribution in [3.8, 4) is 0 Å². The third kappa shape index (κ3) is 3.89. The Morgan fingerprint density at radius 3 is 2.19 bits per heavy atom. The van der Waals surface area contributed by atoms with E-state index in [1.165, 1.54) is 38.5 Å². The minimum atomic E-state index is -0.000402. The van der Waals surface area contributed by atoms with Crippen LogP contribution in [0.1, 0.15) is 44.1 Å². The van der Waals surface area contributed by atoms with Gasteiger partial charge in [0.25, 0.3) is 0 Å². The lowest BCUT2D eigenvalue weighted by atomic mass is 9.92. The lowest BCUT2D eigenvalue weighted by Gasteiger charge is -2.36. The van der Waals surface area contributed by atoms with Crippen LogP contribution in [0.3, 0.4) is 0 Å². The molecule has 2 fully saturated rings. The zero-order valence-electron chi connectivity index (χ0n) is 15.2. The van der Waals surface area contributed by atoms with E-state index in [4.69, 9.17) is 28.0 Å². The Bertz CT molecular complexity index is 634. The van der Waals surface area contributed by atoms with Gasteiger partial charge in [0.05, 0.1) is 21.7 Å². The molecule has 0 amide bonds. The maximum Gasteiger partial charge on any atom is 0.191 e. The zero-order chi connectivity index (χ0) is 17.9. The van der Waals surface area contributed by atoms with Gasteiger partial charge in [0.15, 0.2) is 6.23 Å². The van der Waals surface area contributed by atoms with Crippen molar-refractivity contribution in [1.82, 2.24) is 9.80 Å². The molecule has 2 atom stereocenters. The van der Waals surface area contributed by atoms with Gasteiger partial charge in [-0.15, -0.1) is 0 Å². The van der Waals surface area contributed by atoms with Crippen LogP contribution < -0.4 is 0 Å². The predicted molar refractivity (Wildman–Crippen MR) is 107 cm³/mol. The number of hydrogen-bond acceptors (Lipinski definition) is 4. The lowest BCUT2D eigenvalue weighted by molar-refractivity contribution is -0.0715. The maximum absolute atomic E-state index is 6.50. The molecule has 4 rings (SSSR count). The Morgan fingerprint density at radius 2 is 1.54 bits per heavy atom. The van der Waals surface area contributed by atoms with Gasteiger partial charge in [0.1, 0.15) is 0 Å². The number of likely N-dealkylation sites (tertiary alicyclic amines) is 2. The second-order valence-corrected chi connectivity index (χ2v) is 8.45. The molecule has 0 spiro atoms. The molecule has 0 saturated carbocycles. The molecule has 6 heteroatoms. The van der Waals surface area contributed by atoms with E-state index < -0.39 is 0 Å². The van der Waals surface area contributed by atoms with Crippen molar-refractivity contribution in [1.29, 1.82) is 0 Å². The Morgan fingerprint density at radius 1 is 0.923 bits per heavy atom. The Hall–Kier alpha value is -0.810. The fraction of sp³-hybridized carbons (Fsp3) is 0.650. The summed E-state index contributed by atoms with van der Waals surface area (Å²) in [6.45, 7) is 5.45. The molecule has 142 valence electrons. The second kappa shape index (κ2) is 8.47. The first-order chi connectivity index (χ1) is 12.7. The van der Waals surface area contributed by atoms with Crippen molar-refractivity contribution in [2.24, 2.45) is 11.1 Å². The molecule has 1 aromatic carbocycles. The van der Waals surface area contributed by atoms with Crippen molar-refractivity contribution in [3.63, 3.8) is 0 Å². The molecule has 0 aromatic heterocycles. The molecule has 4 nitrogen and oxygen atoms in total. The average molecular weight is 396 g/mol. The molecule has 0 unspecified atom stereocenters. The fourth-order valence-corrected chi connectivity index (χ4v) is 5.04. The third-order valence-corrected chi connectivity index (χ3v) is 6.46. The highest BCUT2D eigenvalue weighted by Gasteiger charge is 2.41. The van der Waals surface area contributed by atoms with E-state index in [2.05, 4.69) is 15.0 Å². The number of piperidine rings is 2. The van der Waals surface area contributed by atoms with Gasteiger partial charge >= 0.3 is 0 Å². The van der Waals surface area contributed by atoms with E-state index >= 15 is 0 Å². The van der Waals surface area contributed by atoms with Crippen LogP contribution in [-0.2, 0) is 4.84 Å². The monoisotopic (exact) mass is 395 g/mol. The van der Waals surface area contributed by atoms with E-state index in [0.717, 1.165) is 44.0 Å². The van der Waals surface area contributed by atoms with Crippen LogP contribution in [-0.4, -0.2) is 54.5 Å². The molecule has 0 bridgehead atoms. The van der Waals surface area contributed by atoms with E-state index in [1.807, 2.05) is 18.2 Å². The summed E-state index contributed by atoms with van der Waals surface area (Å²) in [7, 11) is 0. The first-order valence-electron chi connectivity index (χ1n) is 9.88. The van der Waals surface area contributed by atoms with Gasteiger partial charge in [-0.05, 0) is 50.9 Å². The standard InChI is InChI=1S/C20H27Cl2N3O/c21-16-8-7-9-17(22)18(16)19-15(14-24-10-3-1-4-11-24)20(26-23-19)25-12-5-2-6-13-25/h7-9,15,20H,1-6,10-14H2/t15-,20-/m0/s1. The summed E-state index contributed by atoms with van der Waals surface area (Å²) >= 11 is 13.0. The number of hydrogen-bond donors (Lipinski definition) is 0. The fourth-order valence-electron chi connectivity index (χ4n) is 4.45. The number of oxime groups is 1. The van der Waals surface area contributed by atoms with Crippen LogP contribution in [0, 0.1) is 5.92 Å². The van der Waals surface area contributed by atoms with Crippen LogP contribution in [0.5, 0.6) is 0 Å². The second-order valence-electron chi connectivity index (χ2n) is 7.63. The highest BCUT2D eigenvalue weighted by Crippen LogP contribution is 2.35. The first kappa shape index (κ1) is 18.5. The van der Waals surface area contributed by atoms with Crippen molar-refractivity contribution < 1.29 is 4.84 Å². The third-order valence-electron chi connectivity index (χ3n) is 5.83. The van der Waals surface area contributed by atoms with E-state index in [-0.39, 0.29) is 12.1 Å². The van der Waals surface area contributed by atoms with Crippen LogP contribution in [0.4, 0.5) is 0 Å². The molecule has 0 N–H and O–H groups in total. The SMILES string of the molecule is Clc1cccc(Cl)c1C1=NO[C@H](N2CCCCC2)[C@H]1CN1CCCCC1. The molecule has 3 aliphatic heterocycles. The number of rotatable bonds is 4. The summed E-state index contributed by atoms with van der Waals surface area (Å²) < 4.78 is 0. The summed E-state index contributed by atoms with van der Waals surface area (Å²) in [5.41, 5.74) is 1.76. The molecular weight excluding hydrogens is 369 g/mol. The summed E-state index contributed by atoms with van der Waals surface area (Å²) in [6.07, 6.45) is 7.67. The van der Waals surface area contributed by atoms with Crippen molar-refractivity contribution in [2.75, 3.05) is 32.7 Å². The van der Waals surface area contributed by atoms with Gasteiger partial charge in [-0.2, -0.15) is 0 Å². The molecule has 3 aliphatic rings.